The van der Waals surface area contributed by atoms with E-state index in [1.807, 2.05) is 7.05 Å². The zero-order chi connectivity index (χ0) is 20.6. The lowest BCUT2D eigenvalue weighted by molar-refractivity contribution is -0.140. The zero-order valence-electron chi connectivity index (χ0n) is 16.0. The molecule has 0 N–H and O–H groups in total. The maximum atomic E-state index is 13.3. The minimum Gasteiger partial charge on any atom is -0.476 e. The molecule has 0 radical (unpaired) electrons. The molecule has 0 aromatic heterocycles. The molecule has 2 heterocycles. The van der Waals surface area contributed by atoms with Crippen molar-refractivity contribution in [2.45, 2.75) is 11.0 Å². The first-order valence-electron chi connectivity index (χ1n) is 9.37. The lowest BCUT2D eigenvalue weighted by atomic mass is 10.2. The Morgan fingerprint density at radius 1 is 1.03 bits per heavy atom. The molecule has 4 rings (SSSR count). The van der Waals surface area contributed by atoms with E-state index in [-0.39, 0.29) is 17.3 Å². The van der Waals surface area contributed by atoms with Gasteiger partial charge < -0.3 is 14.5 Å². The van der Waals surface area contributed by atoms with Gasteiger partial charge in [-0.1, -0.05) is 23.7 Å². The van der Waals surface area contributed by atoms with E-state index >= 15 is 0 Å². The predicted octanol–water partition coefficient (Wildman–Crippen LogP) is 2.07. The molecule has 29 heavy (non-hydrogen) atoms. The molecule has 0 saturated carbocycles. The van der Waals surface area contributed by atoms with Crippen molar-refractivity contribution in [3.05, 3.63) is 53.6 Å². The number of nitrogens with zero attached hydrogens (tertiary/aromatic N) is 3. The average Bonchev–Trinajstić information content (AvgIpc) is 2.73. The molecule has 7 nitrogen and oxygen atoms in total. The third-order valence-corrected chi connectivity index (χ3v) is 7.27. The highest BCUT2D eigenvalue weighted by Crippen LogP contribution is 2.37. The number of halogens is 1. The second kappa shape index (κ2) is 7.85. The number of sulfonamides is 1. The molecule has 0 bridgehead atoms. The van der Waals surface area contributed by atoms with Crippen LogP contribution in [-0.4, -0.2) is 70.0 Å². The van der Waals surface area contributed by atoms with Gasteiger partial charge in [0.15, 0.2) is 6.10 Å². The monoisotopic (exact) mass is 435 g/mol. The van der Waals surface area contributed by atoms with Gasteiger partial charge in [0, 0.05) is 31.2 Å². The number of fused-ring (bicyclic) bond motifs is 1. The van der Waals surface area contributed by atoms with Crippen molar-refractivity contribution in [2.24, 2.45) is 0 Å². The summed E-state index contributed by atoms with van der Waals surface area (Å²) < 4.78 is 33.9. The van der Waals surface area contributed by atoms with E-state index in [9.17, 15) is 13.2 Å². The molecule has 1 saturated heterocycles. The fraction of sp³-hybridized carbons (Fsp3) is 0.350. The molecule has 1 fully saturated rings. The Balaban J connectivity index is 1.66. The van der Waals surface area contributed by atoms with Gasteiger partial charge in [0.1, 0.15) is 5.75 Å². The van der Waals surface area contributed by atoms with E-state index in [4.69, 9.17) is 16.3 Å². The van der Waals surface area contributed by atoms with E-state index in [2.05, 4.69) is 4.90 Å². The second-order valence-corrected chi connectivity index (χ2v) is 9.49. The quantitative estimate of drug-likeness (QED) is 0.738. The fourth-order valence-electron chi connectivity index (χ4n) is 3.52. The standard InChI is InChI=1S/C20H22ClN3O4S/c1-22-10-12-23(13-11-22)20(25)19-14-24(17-4-2-3-5-18(17)28-19)29(26,27)16-8-6-15(21)7-9-16/h2-9,19H,10-14H2,1H3. The largest absolute Gasteiger partial charge is 0.476 e. The first-order chi connectivity index (χ1) is 13.9. The van der Waals surface area contributed by atoms with E-state index in [1.165, 1.54) is 28.6 Å². The van der Waals surface area contributed by atoms with Crippen LogP contribution in [0.3, 0.4) is 0 Å². The van der Waals surface area contributed by atoms with Crippen LogP contribution < -0.4 is 9.04 Å². The number of piperazine rings is 1. The van der Waals surface area contributed by atoms with Crippen molar-refractivity contribution in [3.63, 3.8) is 0 Å². The smallest absolute Gasteiger partial charge is 0.265 e. The molecular formula is C20H22ClN3O4S. The fourth-order valence-corrected chi connectivity index (χ4v) is 5.12. The number of ether oxygens (including phenoxy) is 1. The molecule has 1 atom stereocenters. The van der Waals surface area contributed by atoms with E-state index in [0.717, 1.165) is 13.1 Å². The van der Waals surface area contributed by atoms with Crippen LogP contribution in [0.15, 0.2) is 53.4 Å². The Morgan fingerprint density at radius 2 is 1.69 bits per heavy atom. The van der Waals surface area contributed by atoms with Crippen molar-refractivity contribution >= 4 is 33.2 Å². The van der Waals surface area contributed by atoms with Crippen molar-refractivity contribution < 1.29 is 17.9 Å². The molecule has 154 valence electrons. The van der Waals surface area contributed by atoms with Crippen LogP contribution in [0, 0.1) is 0 Å². The van der Waals surface area contributed by atoms with Crippen LogP contribution in [0.25, 0.3) is 0 Å². The number of carbonyl (C=O) groups is 1. The number of hydrogen-bond acceptors (Lipinski definition) is 5. The number of carbonyl (C=O) groups excluding carboxylic acids is 1. The highest BCUT2D eigenvalue weighted by Gasteiger charge is 2.39. The number of likely N-dealkylation sites (N-methyl/N-ethyl adjacent to an activating group) is 1. The number of rotatable bonds is 3. The Kier molecular flexibility index (Phi) is 5.42. The summed E-state index contributed by atoms with van der Waals surface area (Å²) in [6.07, 6.45) is -0.893. The van der Waals surface area contributed by atoms with Crippen LogP contribution in [0.4, 0.5) is 5.69 Å². The van der Waals surface area contributed by atoms with Crippen LogP contribution in [-0.2, 0) is 14.8 Å². The molecular weight excluding hydrogens is 414 g/mol. The van der Waals surface area contributed by atoms with Gasteiger partial charge in [-0.05, 0) is 43.4 Å². The summed E-state index contributed by atoms with van der Waals surface area (Å²) in [4.78, 5) is 17.1. The van der Waals surface area contributed by atoms with E-state index < -0.39 is 16.1 Å². The summed E-state index contributed by atoms with van der Waals surface area (Å²) in [6.45, 7) is 2.68. The third-order valence-electron chi connectivity index (χ3n) is 5.23. The third kappa shape index (κ3) is 3.92. The highest BCUT2D eigenvalue weighted by molar-refractivity contribution is 7.92. The maximum Gasteiger partial charge on any atom is 0.265 e. The highest BCUT2D eigenvalue weighted by atomic mass is 35.5. The average molecular weight is 436 g/mol. The topological polar surface area (TPSA) is 70.2 Å². The number of hydrogen-bond donors (Lipinski definition) is 0. The number of para-hydroxylation sites is 2. The van der Waals surface area contributed by atoms with Gasteiger partial charge in [-0.2, -0.15) is 0 Å². The van der Waals surface area contributed by atoms with E-state index in [0.29, 0.717) is 29.5 Å². The Bertz CT molecular complexity index is 1000. The van der Waals surface area contributed by atoms with Crippen LogP contribution >= 0.6 is 11.6 Å². The predicted molar refractivity (Wildman–Crippen MR) is 111 cm³/mol. The van der Waals surface area contributed by atoms with Gasteiger partial charge in [0.25, 0.3) is 15.9 Å². The minimum absolute atomic E-state index is 0.0762. The van der Waals surface area contributed by atoms with Gasteiger partial charge in [-0.3, -0.25) is 9.10 Å². The molecule has 2 aromatic carbocycles. The molecule has 2 aliphatic heterocycles. The van der Waals surface area contributed by atoms with Gasteiger partial charge in [0.05, 0.1) is 17.1 Å². The summed E-state index contributed by atoms with van der Waals surface area (Å²) in [5.41, 5.74) is 0.421. The molecule has 2 aliphatic rings. The van der Waals surface area contributed by atoms with Crippen molar-refractivity contribution in [1.29, 1.82) is 0 Å². The summed E-state index contributed by atoms with van der Waals surface area (Å²) in [5.74, 6) is 0.188. The first-order valence-corrected chi connectivity index (χ1v) is 11.2. The number of benzene rings is 2. The normalized spacial score (nSPS) is 20.1. The SMILES string of the molecule is CN1CCN(C(=O)C2CN(S(=O)(=O)c3ccc(Cl)cc3)c3ccccc3O2)CC1. The van der Waals surface area contributed by atoms with Crippen LogP contribution in [0.2, 0.25) is 5.02 Å². The summed E-state index contributed by atoms with van der Waals surface area (Å²) in [5, 5.41) is 0.453. The summed E-state index contributed by atoms with van der Waals surface area (Å²) in [6, 6.07) is 12.9. The maximum absolute atomic E-state index is 13.3. The van der Waals surface area contributed by atoms with Gasteiger partial charge >= 0.3 is 0 Å². The minimum atomic E-state index is -3.88. The molecule has 1 amide bonds. The first kappa shape index (κ1) is 20.0. The van der Waals surface area contributed by atoms with Crippen LogP contribution in [0.5, 0.6) is 5.75 Å². The Morgan fingerprint density at radius 3 is 2.38 bits per heavy atom. The van der Waals surface area contributed by atoms with Crippen LogP contribution in [0.1, 0.15) is 0 Å². The number of anilines is 1. The lowest BCUT2D eigenvalue weighted by Gasteiger charge is -2.38. The Labute approximate surface area is 175 Å². The van der Waals surface area contributed by atoms with Gasteiger partial charge in [0.2, 0.25) is 0 Å². The number of amides is 1. The molecule has 2 aromatic rings. The molecule has 1 unspecified atom stereocenters. The second-order valence-electron chi connectivity index (χ2n) is 7.19. The van der Waals surface area contributed by atoms with Crippen molar-refractivity contribution in [1.82, 2.24) is 9.80 Å². The van der Waals surface area contributed by atoms with Crippen molar-refractivity contribution in [2.75, 3.05) is 44.1 Å². The van der Waals surface area contributed by atoms with Gasteiger partial charge in [-0.25, -0.2) is 8.42 Å². The molecule has 0 spiro atoms. The summed E-state index contributed by atoms with van der Waals surface area (Å²) >= 11 is 5.91. The molecule has 0 aliphatic carbocycles. The van der Waals surface area contributed by atoms with E-state index in [1.54, 1.807) is 29.2 Å². The van der Waals surface area contributed by atoms with Crippen molar-refractivity contribution in [3.8, 4) is 5.75 Å². The van der Waals surface area contributed by atoms with Gasteiger partial charge in [-0.15, -0.1) is 0 Å². The summed E-state index contributed by atoms with van der Waals surface area (Å²) in [7, 11) is -1.87. The zero-order valence-corrected chi connectivity index (χ0v) is 17.6. The lowest BCUT2D eigenvalue weighted by Crippen LogP contribution is -2.55. The Hall–Kier alpha value is -2.29. The molecule has 9 heteroatoms.